The van der Waals surface area contributed by atoms with E-state index in [0.717, 1.165) is 10.3 Å². The van der Waals surface area contributed by atoms with Gasteiger partial charge in [0.25, 0.3) is 0 Å². The molecule has 2 heterocycles. The first-order valence-corrected chi connectivity index (χ1v) is 6.20. The first-order valence-electron chi connectivity index (χ1n) is 5.40. The molecule has 0 bridgehead atoms. The van der Waals surface area contributed by atoms with E-state index in [1.165, 1.54) is 30.5 Å². The van der Waals surface area contributed by atoms with E-state index in [0.29, 0.717) is 5.92 Å². The number of imidazole rings is 1. The van der Waals surface area contributed by atoms with Crippen LogP contribution < -0.4 is 0 Å². The van der Waals surface area contributed by atoms with Crippen molar-refractivity contribution in [1.82, 2.24) is 9.38 Å². The minimum absolute atomic E-state index is 0.679. The third-order valence-corrected chi connectivity index (χ3v) is 4.09. The van der Waals surface area contributed by atoms with Crippen LogP contribution >= 0.6 is 15.9 Å². The van der Waals surface area contributed by atoms with Gasteiger partial charge in [-0.2, -0.15) is 0 Å². The van der Waals surface area contributed by atoms with Crippen molar-refractivity contribution in [3.63, 3.8) is 0 Å². The van der Waals surface area contributed by atoms with E-state index in [9.17, 15) is 0 Å². The Kier molecular flexibility index (Phi) is 2.09. The minimum atomic E-state index is 0.679. The van der Waals surface area contributed by atoms with Gasteiger partial charge in [-0.1, -0.05) is 12.5 Å². The van der Waals surface area contributed by atoms with E-state index in [1.54, 1.807) is 0 Å². The summed E-state index contributed by atoms with van der Waals surface area (Å²) in [6, 6.07) is 4.18. The number of pyridine rings is 1. The molecule has 2 nitrogen and oxygen atoms in total. The van der Waals surface area contributed by atoms with Crippen LogP contribution in [-0.2, 0) is 0 Å². The highest BCUT2D eigenvalue weighted by Crippen LogP contribution is 2.39. The van der Waals surface area contributed by atoms with Crippen molar-refractivity contribution in [2.24, 2.45) is 0 Å². The average Bonchev–Trinajstić information content (AvgIpc) is 2.45. The molecule has 0 spiro atoms. The van der Waals surface area contributed by atoms with Crippen LogP contribution in [0.4, 0.5) is 0 Å². The highest BCUT2D eigenvalue weighted by atomic mass is 79.9. The van der Waals surface area contributed by atoms with Crippen LogP contribution in [0.2, 0.25) is 0 Å². The van der Waals surface area contributed by atoms with Crippen LogP contribution in [0.25, 0.3) is 5.65 Å². The smallest absolute Gasteiger partial charge is 0.140 e. The molecule has 1 aliphatic rings. The van der Waals surface area contributed by atoms with Crippen molar-refractivity contribution in [3.8, 4) is 0 Å². The summed E-state index contributed by atoms with van der Waals surface area (Å²) >= 11 is 3.66. The van der Waals surface area contributed by atoms with E-state index in [-0.39, 0.29) is 0 Å². The Morgan fingerprint density at radius 1 is 1.47 bits per heavy atom. The molecule has 3 rings (SSSR count). The van der Waals surface area contributed by atoms with E-state index in [4.69, 9.17) is 4.98 Å². The van der Waals surface area contributed by atoms with Crippen LogP contribution in [0.1, 0.15) is 36.4 Å². The predicted molar refractivity (Wildman–Crippen MR) is 64.2 cm³/mol. The molecule has 2 aromatic heterocycles. The molecule has 0 N–H and O–H groups in total. The summed E-state index contributed by atoms with van der Waals surface area (Å²) in [5, 5.41) is 0. The zero-order chi connectivity index (χ0) is 10.4. The van der Waals surface area contributed by atoms with Crippen LogP contribution in [0.3, 0.4) is 0 Å². The Bertz CT molecular complexity index is 512. The van der Waals surface area contributed by atoms with Gasteiger partial charge in [-0.15, -0.1) is 0 Å². The number of aryl methyl sites for hydroxylation is 1. The average molecular weight is 265 g/mol. The van der Waals surface area contributed by atoms with E-state index >= 15 is 0 Å². The molecule has 2 aromatic rings. The lowest BCUT2D eigenvalue weighted by molar-refractivity contribution is 0.411. The Labute approximate surface area is 97.5 Å². The third kappa shape index (κ3) is 1.33. The van der Waals surface area contributed by atoms with Gasteiger partial charge in [-0.3, -0.25) is 4.40 Å². The van der Waals surface area contributed by atoms with Crippen molar-refractivity contribution in [3.05, 3.63) is 34.2 Å². The molecule has 0 saturated heterocycles. The SMILES string of the molecule is Cc1cccn2c(Br)c(C3CCC3)nc12. The van der Waals surface area contributed by atoms with E-state index in [1.807, 2.05) is 0 Å². The molecule has 1 aliphatic carbocycles. The molecule has 15 heavy (non-hydrogen) atoms. The molecule has 3 heteroatoms. The number of hydrogen-bond acceptors (Lipinski definition) is 1. The van der Waals surface area contributed by atoms with Crippen molar-refractivity contribution in [1.29, 1.82) is 0 Å². The van der Waals surface area contributed by atoms with Crippen LogP contribution in [0.15, 0.2) is 22.9 Å². The maximum absolute atomic E-state index is 4.75. The fraction of sp³-hybridized carbons (Fsp3) is 0.417. The largest absolute Gasteiger partial charge is 0.294 e. The molecule has 1 fully saturated rings. The summed E-state index contributed by atoms with van der Waals surface area (Å²) in [6.45, 7) is 2.11. The molecular formula is C12H13BrN2. The van der Waals surface area contributed by atoms with Crippen molar-refractivity contribution < 1.29 is 0 Å². The van der Waals surface area contributed by atoms with Gasteiger partial charge in [0.05, 0.1) is 5.69 Å². The second-order valence-corrected chi connectivity index (χ2v) is 5.05. The number of rotatable bonds is 1. The molecule has 78 valence electrons. The second kappa shape index (κ2) is 3.34. The summed E-state index contributed by atoms with van der Waals surface area (Å²) in [7, 11) is 0. The van der Waals surface area contributed by atoms with Gasteiger partial charge in [-0.25, -0.2) is 4.98 Å². The Balaban J connectivity index is 2.23. The quantitative estimate of drug-likeness (QED) is 0.769. The minimum Gasteiger partial charge on any atom is -0.294 e. The summed E-state index contributed by atoms with van der Waals surface area (Å²) < 4.78 is 3.29. The number of halogens is 1. The van der Waals surface area contributed by atoms with Gasteiger partial charge < -0.3 is 0 Å². The van der Waals surface area contributed by atoms with Crippen LogP contribution in [0.5, 0.6) is 0 Å². The molecule has 0 atom stereocenters. The zero-order valence-electron chi connectivity index (χ0n) is 8.70. The maximum Gasteiger partial charge on any atom is 0.140 e. The van der Waals surface area contributed by atoms with Gasteiger partial charge in [0.2, 0.25) is 0 Å². The molecule has 0 aliphatic heterocycles. The lowest BCUT2D eigenvalue weighted by Crippen LogP contribution is -2.09. The summed E-state index contributed by atoms with van der Waals surface area (Å²) in [5.74, 6) is 0.679. The molecule has 0 aromatic carbocycles. The zero-order valence-corrected chi connectivity index (χ0v) is 10.3. The number of fused-ring (bicyclic) bond motifs is 1. The monoisotopic (exact) mass is 264 g/mol. The Morgan fingerprint density at radius 3 is 2.87 bits per heavy atom. The third-order valence-electron chi connectivity index (χ3n) is 3.30. The van der Waals surface area contributed by atoms with Gasteiger partial charge in [0, 0.05) is 12.1 Å². The first-order chi connectivity index (χ1) is 7.27. The van der Waals surface area contributed by atoms with Crippen molar-refractivity contribution in [2.45, 2.75) is 32.1 Å². The lowest BCUT2D eigenvalue weighted by atomic mass is 9.83. The molecular weight excluding hydrogens is 252 g/mol. The van der Waals surface area contributed by atoms with Gasteiger partial charge in [0.1, 0.15) is 10.3 Å². The Hall–Kier alpha value is -0.830. The lowest BCUT2D eigenvalue weighted by Gasteiger charge is -2.23. The first kappa shape index (κ1) is 9.40. The van der Waals surface area contributed by atoms with E-state index < -0.39 is 0 Å². The summed E-state index contributed by atoms with van der Waals surface area (Å²) in [4.78, 5) is 4.75. The fourth-order valence-corrected chi connectivity index (χ4v) is 2.83. The Morgan fingerprint density at radius 2 is 2.27 bits per heavy atom. The highest BCUT2D eigenvalue weighted by molar-refractivity contribution is 9.10. The maximum atomic E-state index is 4.75. The van der Waals surface area contributed by atoms with E-state index in [2.05, 4.69) is 45.6 Å². The second-order valence-electron chi connectivity index (χ2n) is 4.30. The summed E-state index contributed by atoms with van der Waals surface area (Å²) in [5.41, 5.74) is 3.57. The summed E-state index contributed by atoms with van der Waals surface area (Å²) in [6.07, 6.45) is 6.01. The van der Waals surface area contributed by atoms with Gasteiger partial charge in [0.15, 0.2) is 0 Å². The standard InChI is InChI=1S/C12H13BrN2/c1-8-4-3-7-15-11(13)10(14-12(8)15)9-5-2-6-9/h3-4,7,9H,2,5-6H2,1H3. The van der Waals surface area contributed by atoms with Crippen LogP contribution in [0, 0.1) is 6.92 Å². The molecule has 0 amide bonds. The molecule has 1 saturated carbocycles. The van der Waals surface area contributed by atoms with Gasteiger partial charge in [-0.05, 0) is 47.3 Å². The van der Waals surface area contributed by atoms with Crippen molar-refractivity contribution in [2.75, 3.05) is 0 Å². The molecule has 0 radical (unpaired) electrons. The van der Waals surface area contributed by atoms with Gasteiger partial charge >= 0.3 is 0 Å². The number of nitrogens with zero attached hydrogens (tertiary/aromatic N) is 2. The number of hydrogen-bond donors (Lipinski definition) is 0. The topological polar surface area (TPSA) is 17.3 Å². The highest BCUT2D eigenvalue weighted by Gasteiger charge is 2.25. The van der Waals surface area contributed by atoms with Crippen molar-refractivity contribution >= 4 is 21.6 Å². The van der Waals surface area contributed by atoms with Crippen LogP contribution in [-0.4, -0.2) is 9.38 Å². The number of aromatic nitrogens is 2. The fourth-order valence-electron chi connectivity index (χ4n) is 2.13. The normalized spacial score (nSPS) is 16.9. The predicted octanol–water partition coefficient (Wildman–Crippen LogP) is 3.67. The molecule has 0 unspecified atom stereocenters.